The molecule has 3 aliphatic carbocycles. The maximum Gasteiger partial charge on any atom is 0.315 e. The molecule has 2 N–H and O–H groups in total. The van der Waals surface area contributed by atoms with Gasteiger partial charge in [-0.3, -0.25) is 9.59 Å². The third-order valence-corrected chi connectivity index (χ3v) is 7.26. The van der Waals surface area contributed by atoms with Crippen LogP contribution in [0.3, 0.4) is 0 Å². The molecule has 0 aromatic heterocycles. The zero-order valence-electron chi connectivity index (χ0n) is 16.2. The molecule has 0 radical (unpaired) electrons. The molecule has 2 saturated carbocycles. The van der Waals surface area contributed by atoms with E-state index in [1.54, 1.807) is 12.2 Å². The summed E-state index contributed by atoms with van der Waals surface area (Å²) in [7, 11) is 1.30. The lowest BCUT2D eigenvalue weighted by Crippen LogP contribution is -2.71. The number of carbonyl (C=O) groups excluding carboxylic acids is 2. The number of ketones is 1. The number of aliphatic hydroxyl groups is 2. The number of carbonyl (C=O) groups is 2. The fourth-order valence-corrected chi connectivity index (χ4v) is 5.82. The normalized spacial score (nSPS) is 44.4. The summed E-state index contributed by atoms with van der Waals surface area (Å²) in [5, 5.41) is 22.7. The first-order valence-corrected chi connectivity index (χ1v) is 9.38. The van der Waals surface area contributed by atoms with Gasteiger partial charge in [0.1, 0.15) is 17.1 Å². The molecular weight excluding hydrogens is 332 g/mol. The molecule has 2 fully saturated rings. The van der Waals surface area contributed by atoms with Crippen molar-refractivity contribution in [2.45, 2.75) is 64.6 Å². The molecule has 0 spiro atoms. The van der Waals surface area contributed by atoms with Crippen LogP contribution in [0, 0.1) is 22.2 Å². The monoisotopic (exact) mass is 362 g/mol. The zero-order valence-corrected chi connectivity index (χ0v) is 16.2. The van der Waals surface area contributed by atoms with Gasteiger partial charge in [0.25, 0.3) is 0 Å². The van der Waals surface area contributed by atoms with Gasteiger partial charge in [0.15, 0.2) is 5.78 Å². The highest BCUT2D eigenvalue weighted by molar-refractivity contribution is 5.98. The third kappa shape index (κ3) is 2.23. The van der Waals surface area contributed by atoms with Crippen molar-refractivity contribution in [1.82, 2.24) is 0 Å². The number of rotatable bonds is 2. The van der Waals surface area contributed by atoms with E-state index < -0.39 is 39.8 Å². The minimum Gasteiger partial charge on any atom is -0.468 e. The molecule has 3 aliphatic rings. The second-order valence-electron chi connectivity index (χ2n) is 9.21. The van der Waals surface area contributed by atoms with E-state index in [9.17, 15) is 19.8 Å². The first-order valence-electron chi connectivity index (χ1n) is 9.38. The molecule has 5 atom stereocenters. The highest BCUT2D eigenvalue weighted by Gasteiger charge is 2.73. The number of esters is 1. The fourth-order valence-electron chi connectivity index (χ4n) is 5.82. The summed E-state index contributed by atoms with van der Waals surface area (Å²) >= 11 is 0. The molecule has 0 aliphatic heterocycles. The van der Waals surface area contributed by atoms with Crippen molar-refractivity contribution in [2.24, 2.45) is 22.2 Å². The fraction of sp³-hybridized carbons (Fsp3) is 0.714. The summed E-state index contributed by atoms with van der Waals surface area (Å²) in [4.78, 5) is 26.4. The maximum absolute atomic E-state index is 13.3. The molecule has 0 amide bonds. The van der Waals surface area contributed by atoms with Gasteiger partial charge >= 0.3 is 5.97 Å². The maximum atomic E-state index is 13.3. The van der Waals surface area contributed by atoms with E-state index in [-0.39, 0.29) is 17.8 Å². The summed E-state index contributed by atoms with van der Waals surface area (Å²) in [5.74, 6) is -1.71. The van der Waals surface area contributed by atoms with Crippen molar-refractivity contribution < 1.29 is 24.5 Å². The highest BCUT2D eigenvalue weighted by Crippen LogP contribution is 2.65. The van der Waals surface area contributed by atoms with Gasteiger partial charge in [0, 0.05) is 11.3 Å². The van der Waals surface area contributed by atoms with Crippen LogP contribution in [0.25, 0.3) is 0 Å². The topological polar surface area (TPSA) is 83.8 Å². The Labute approximate surface area is 155 Å². The van der Waals surface area contributed by atoms with Crippen LogP contribution in [-0.2, 0) is 14.3 Å². The molecule has 144 valence electrons. The number of allylic oxidation sites excluding steroid dienone is 2. The largest absolute Gasteiger partial charge is 0.468 e. The Balaban J connectivity index is 2.31. The number of hydrogen-bond acceptors (Lipinski definition) is 5. The number of Topliss-reactive ketones (excluding diaryl/α,β-unsaturated/α-hetero) is 1. The number of ether oxygens (including phenoxy) is 1. The average Bonchev–Trinajstić information content (AvgIpc) is 2.60. The Morgan fingerprint density at radius 2 is 1.92 bits per heavy atom. The van der Waals surface area contributed by atoms with E-state index >= 15 is 0 Å². The van der Waals surface area contributed by atoms with Crippen molar-refractivity contribution in [3.05, 3.63) is 24.3 Å². The third-order valence-electron chi connectivity index (χ3n) is 7.26. The van der Waals surface area contributed by atoms with Crippen molar-refractivity contribution in [3.8, 4) is 0 Å². The molecular formula is C21H30O5. The zero-order chi connectivity index (χ0) is 19.5. The first-order chi connectivity index (χ1) is 12.0. The predicted molar refractivity (Wildman–Crippen MR) is 97.2 cm³/mol. The van der Waals surface area contributed by atoms with Gasteiger partial charge in [0.05, 0.1) is 7.11 Å². The van der Waals surface area contributed by atoms with Gasteiger partial charge in [-0.2, -0.15) is 0 Å². The predicted octanol–water partition coefficient (Wildman–Crippen LogP) is 2.56. The Kier molecular flexibility index (Phi) is 4.28. The Morgan fingerprint density at radius 3 is 2.50 bits per heavy atom. The second-order valence-corrected chi connectivity index (χ2v) is 9.21. The molecule has 5 nitrogen and oxygen atoms in total. The summed E-state index contributed by atoms with van der Waals surface area (Å²) in [6.07, 6.45) is 4.83. The second kappa shape index (κ2) is 5.77. The molecule has 0 bridgehead atoms. The van der Waals surface area contributed by atoms with Gasteiger partial charge < -0.3 is 14.9 Å². The van der Waals surface area contributed by atoms with Crippen LogP contribution >= 0.6 is 0 Å². The van der Waals surface area contributed by atoms with Gasteiger partial charge in [-0.05, 0) is 36.7 Å². The van der Waals surface area contributed by atoms with Crippen LogP contribution in [0.4, 0.5) is 0 Å². The van der Waals surface area contributed by atoms with Crippen molar-refractivity contribution in [3.63, 3.8) is 0 Å². The molecule has 0 saturated heterocycles. The number of methoxy groups -OCH3 is 1. The van der Waals surface area contributed by atoms with Gasteiger partial charge in [-0.15, -0.1) is 6.58 Å². The van der Waals surface area contributed by atoms with Crippen LogP contribution in [-0.4, -0.2) is 40.8 Å². The molecule has 26 heavy (non-hydrogen) atoms. The number of aliphatic hydroxyl groups excluding tert-OH is 1. The Bertz CT molecular complexity index is 693. The van der Waals surface area contributed by atoms with Crippen molar-refractivity contribution in [1.29, 1.82) is 0 Å². The minimum absolute atomic E-state index is 0.246. The smallest absolute Gasteiger partial charge is 0.315 e. The van der Waals surface area contributed by atoms with E-state index in [1.807, 2.05) is 20.8 Å². The number of fused-ring (bicyclic) bond motifs is 3. The summed E-state index contributed by atoms with van der Waals surface area (Å²) in [5.41, 5.74) is -3.63. The summed E-state index contributed by atoms with van der Waals surface area (Å²) in [6, 6.07) is 0. The molecule has 0 aromatic rings. The Morgan fingerprint density at radius 1 is 1.27 bits per heavy atom. The number of hydrogen-bond donors (Lipinski definition) is 2. The van der Waals surface area contributed by atoms with E-state index in [0.717, 1.165) is 12.8 Å². The average molecular weight is 362 g/mol. The Hall–Kier alpha value is -1.46. The highest BCUT2D eigenvalue weighted by atomic mass is 16.5. The minimum atomic E-state index is -1.59. The summed E-state index contributed by atoms with van der Waals surface area (Å²) in [6.45, 7) is 9.68. The summed E-state index contributed by atoms with van der Waals surface area (Å²) < 4.78 is 5.14. The van der Waals surface area contributed by atoms with Crippen LogP contribution in [0.1, 0.15) is 52.9 Å². The molecule has 0 heterocycles. The molecule has 5 heteroatoms. The van der Waals surface area contributed by atoms with Crippen LogP contribution < -0.4 is 0 Å². The van der Waals surface area contributed by atoms with Crippen molar-refractivity contribution >= 4 is 11.8 Å². The van der Waals surface area contributed by atoms with Gasteiger partial charge in [-0.25, -0.2) is 0 Å². The van der Waals surface area contributed by atoms with Crippen LogP contribution in [0.2, 0.25) is 0 Å². The molecule has 3 rings (SSSR count). The van der Waals surface area contributed by atoms with Crippen LogP contribution in [0.15, 0.2) is 24.3 Å². The molecule has 0 aromatic carbocycles. The van der Waals surface area contributed by atoms with E-state index in [0.29, 0.717) is 12.8 Å². The first kappa shape index (κ1) is 19.3. The van der Waals surface area contributed by atoms with E-state index in [2.05, 4.69) is 6.58 Å². The van der Waals surface area contributed by atoms with E-state index in [1.165, 1.54) is 7.11 Å². The van der Waals surface area contributed by atoms with Gasteiger partial charge in [0.2, 0.25) is 0 Å². The van der Waals surface area contributed by atoms with Crippen LogP contribution in [0.5, 0.6) is 0 Å². The lowest BCUT2D eigenvalue weighted by atomic mass is 9.42. The van der Waals surface area contributed by atoms with E-state index in [4.69, 9.17) is 4.74 Å². The van der Waals surface area contributed by atoms with Gasteiger partial charge in [-0.1, -0.05) is 39.3 Å². The van der Waals surface area contributed by atoms with Crippen molar-refractivity contribution in [2.75, 3.05) is 7.11 Å². The molecule has 0 unspecified atom stereocenters. The quantitative estimate of drug-likeness (QED) is 0.583. The lowest BCUT2D eigenvalue weighted by Gasteiger charge is -2.62. The lowest BCUT2D eigenvalue weighted by molar-refractivity contribution is -0.212. The standard InChI is InChI=1S/C21H30O5/c1-6-19(4)10-11-21(25)13(12-19)14(22)15(23)16-18(2,3)8-7-9-20(16,21)17(24)26-5/h6,12,14,16,22,25H,1,7-11H2,2-5H3/t14-,16+,19+,20+,21-/m1/s1. The SMILES string of the molecule is C=C[C@]1(C)C=C2[C@@H](O)C(=O)[C@H]3C(C)(C)CCC[C@]3(C(=O)OC)[C@@]2(O)CC1.